The van der Waals surface area contributed by atoms with Gasteiger partial charge in [0, 0.05) is 37.4 Å². The van der Waals surface area contributed by atoms with Crippen LogP contribution in [0.4, 0.5) is 11.8 Å². The molecule has 0 fully saturated rings. The highest BCUT2D eigenvalue weighted by atomic mass is 15.4. The number of imidazole rings is 1. The Balaban J connectivity index is 1.49. The number of hydrogen-bond acceptors (Lipinski definition) is 7. The Morgan fingerprint density at radius 1 is 1.03 bits per heavy atom. The molecule has 0 aliphatic carbocycles. The van der Waals surface area contributed by atoms with Gasteiger partial charge in [-0.05, 0) is 31.8 Å². The quantitative estimate of drug-likeness (QED) is 0.323. The standard InChI is InChI=1S/C23H26N8/c1-30(2)14-12-25-22-19-10-6-7-11-20(19)27-23(28-22)29-26-16-21-24-13-15-31(21)17-18-8-4-3-5-9-18/h3-11,13,15-16H,12,14,17H2,1-2H3,(H2,25,27,28,29)/b26-16+. The molecule has 2 N–H and O–H groups in total. The zero-order valence-electron chi connectivity index (χ0n) is 17.7. The van der Waals surface area contributed by atoms with Gasteiger partial charge in [0.25, 0.3) is 0 Å². The number of likely N-dealkylation sites (N-methyl/N-ethyl adjacent to an activating group) is 1. The molecule has 0 saturated heterocycles. The van der Waals surface area contributed by atoms with Gasteiger partial charge >= 0.3 is 0 Å². The maximum Gasteiger partial charge on any atom is 0.246 e. The average molecular weight is 415 g/mol. The van der Waals surface area contributed by atoms with Crippen molar-refractivity contribution in [1.29, 1.82) is 0 Å². The molecule has 0 saturated carbocycles. The van der Waals surface area contributed by atoms with Crippen molar-refractivity contribution in [2.45, 2.75) is 6.54 Å². The predicted octanol–water partition coefficient (Wildman–Crippen LogP) is 3.29. The van der Waals surface area contributed by atoms with Gasteiger partial charge in [-0.3, -0.25) is 0 Å². The van der Waals surface area contributed by atoms with E-state index >= 15 is 0 Å². The Kier molecular flexibility index (Phi) is 6.49. The van der Waals surface area contributed by atoms with Crippen LogP contribution < -0.4 is 10.7 Å². The molecule has 158 valence electrons. The van der Waals surface area contributed by atoms with Crippen molar-refractivity contribution in [1.82, 2.24) is 24.4 Å². The SMILES string of the molecule is CN(C)CCNc1nc(N/N=C/c2nccn2Cc2ccccc2)nc2ccccc12. The van der Waals surface area contributed by atoms with Crippen LogP contribution in [0.25, 0.3) is 10.9 Å². The molecule has 0 aliphatic heterocycles. The van der Waals surface area contributed by atoms with Crippen molar-refractivity contribution in [3.63, 3.8) is 0 Å². The van der Waals surface area contributed by atoms with E-state index in [0.717, 1.165) is 42.2 Å². The summed E-state index contributed by atoms with van der Waals surface area (Å²) in [6.07, 6.45) is 5.39. The second kappa shape index (κ2) is 9.82. The number of nitrogens with one attached hydrogen (secondary N) is 2. The molecule has 0 spiro atoms. The number of fused-ring (bicyclic) bond motifs is 1. The van der Waals surface area contributed by atoms with Crippen molar-refractivity contribution < 1.29 is 0 Å². The maximum absolute atomic E-state index is 4.61. The lowest BCUT2D eigenvalue weighted by Gasteiger charge is -2.13. The monoisotopic (exact) mass is 414 g/mol. The first-order chi connectivity index (χ1) is 15.2. The summed E-state index contributed by atoms with van der Waals surface area (Å²) in [6.45, 7) is 2.42. The fourth-order valence-electron chi connectivity index (χ4n) is 3.17. The van der Waals surface area contributed by atoms with Gasteiger partial charge in [-0.2, -0.15) is 10.1 Å². The van der Waals surface area contributed by atoms with Gasteiger partial charge in [-0.25, -0.2) is 15.4 Å². The van der Waals surface area contributed by atoms with E-state index in [1.165, 1.54) is 5.56 Å². The van der Waals surface area contributed by atoms with Gasteiger partial charge < -0.3 is 14.8 Å². The molecule has 4 aromatic rings. The Morgan fingerprint density at radius 3 is 2.68 bits per heavy atom. The molecule has 8 heteroatoms. The van der Waals surface area contributed by atoms with Gasteiger partial charge in [0.1, 0.15) is 5.82 Å². The molecule has 0 unspecified atom stereocenters. The van der Waals surface area contributed by atoms with Crippen molar-refractivity contribution in [3.05, 3.63) is 78.4 Å². The molecule has 0 atom stereocenters. The van der Waals surface area contributed by atoms with E-state index in [4.69, 9.17) is 0 Å². The van der Waals surface area contributed by atoms with Gasteiger partial charge in [0.05, 0.1) is 11.7 Å². The number of hydrazone groups is 1. The van der Waals surface area contributed by atoms with Crippen LogP contribution in [0.5, 0.6) is 0 Å². The summed E-state index contributed by atoms with van der Waals surface area (Å²) in [5.74, 6) is 1.97. The van der Waals surface area contributed by atoms with E-state index < -0.39 is 0 Å². The molecular weight excluding hydrogens is 388 g/mol. The molecule has 2 aromatic heterocycles. The third-order valence-corrected chi connectivity index (χ3v) is 4.74. The summed E-state index contributed by atoms with van der Waals surface area (Å²) in [5.41, 5.74) is 5.01. The van der Waals surface area contributed by atoms with Crippen molar-refractivity contribution >= 4 is 28.9 Å². The molecule has 0 aliphatic rings. The topological polar surface area (TPSA) is 83.3 Å². The van der Waals surface area contributed by atoms with Crippen LogP contribution in [-0.2, 0) is 6.54 Å². The van der Waals surface area contributed by atoms with Crippen LogP contribution in [-0.4, -0.2) is 57.8 Å². The smallest absolute Gasteiger partial charge is 0.246 e. The normalized spacial score (nSPS) is 11.5. The third-order valence-electron chi connectivity index (χ3n) is 4.74. The zero-order valence-corrected chi connectivity index (χ0v) is 17.7. The van der Waals surface area contributed by atoms with Gasteiger partial charge in [-0.15, -0.1) is 0 Å². The Morgan fingerprint density at radius 2 is 1.84 bits per heavy atom. The Hall–Kier alpha value is -3.78. The number of hydrogen-bond donors (Lipinski definition) is 2. The van der Waals surface area contributed by atoms with Crippen molar-refractivity contribution in [2.75, 3.05) is 37.9 Å². The minimum absolute atomic E-state index is 0.434. The lowest BCUT2D eigenvalue weighted by atomic mass is 10.2. The van der Waals surface area contributed by atoms with Crippen LogP contribution in [0.3, 0.4) is 0 Å². The van der Waals surface area contributed by atoms with E-state index in [1.807, 2.05) is 67.3 Å². The second-order valence-electron chi connectivity index (χ2n) is 7.41. The number of para-hydroxylation sites is 1. The largest absolute Gasteiger partial charge is 0.368 e. The number of aromatic nitrogens is 4. The lowest BCUT2D eigenvalue weighted by molar-refractivity contribution is 0.425. The highest BCUT2D eigenvalue weighted by Crippen LogP contribution is 2.21. The van der Waals surface area contributed by atoms with E-state index in [2.05, 4.69) is 47.8 Å². The number of anilines is 2. The minimum Gasteiger partial charge on any atom is -0.368 e. The summed E-state index contributed by atoms with van der Waals surface area (Å²) in [5, 5.41) is 8.70. The fraction of sp³-hybridized carbons (Fsp3) is 0.217. The maximum atomic E-state index is 4.61. The van der Waals surface area contributed by atoms with E-state index in [-0.39, 0.29) is 0 Å². The molecule has 0 radical (unpaired) electrons. The van der Waals surface area contributed by atoms with Crippen LogP contribution in [0.2, 0.25) is 0 Å². The molecule has 31 heavy (non-hydrogen) atoms. The average Bonchev–Trinajstić information content (AvgIpc) is 3.21. The van der Waals surface area contributed by atoms with Crippen molar-refractivity contribution in [3.8, 4) is 0 Å². The first-order valence-corrected chi connectivity index (χ1v) is 10.2. The van der Waals surface area contributed by atoms with E-state index in [9.17, 15) is 0 Å². The molecule has 0 bridgehead atoms. The predicted molar refractivity (Wildman–Crippen MR) is 126 cm³/mol. The van der Waals surface area contributed by atoms with Crippen LogP contribution >= 0.6 is 0 Å². The summed E-state index contributed by atoms with van der Waals surface area (Å²) in [6, 6.07) is 18.2. The number of benzene rings is 2. The summed E-state index contributed by atoms with van der Waals surface area (Å²) in [7, 11) is 4.09. The Bertz CT molecular complexity index is 1150. The number of nitrogens with zero attached hydrogens (tertiary/aromatic N) is 6. The van der Waals surface area contributed by atoms with Gasteiger partial charge in [0.2, 0.25) is 5.95 Å². The fourth-order valence-corrected chi connectivity index (χ4v) is 3.17. The summed E-state index contributed by atoms with van der Waals surface area (Å²) in [4.78, 5) is 15.7. The summed E-state index contributed by atoms with van der Waals surface area (Å²) >= 11 is 0. The van der Waals surface area contributed by atoms with Gasteiger partial charge in [-0.1, -0.05) is 42.5 Å². The first-order valence-electron chi connectivity index (χ1n) is 10.2. The molecule has 4 rings (SSSR count). The zero-order chi connectivity index (χ0) is 21.5. The highest BCUT2D eigenvalue weighted by molar-refractivity contribution is 5.90. The minimum atomic E-state index is 0.434. The number of rotatable bonds is 9. The van der Waals surface area contributed by atoms with Gasteiger partial charge in [0.15, 0.2) is 5.82 Å². The molecular formula is C23H26N8. The van der Waals surface area contributed by atoms with Crippen molar-refractivity contribution in [2.24, 2.45) is 5.10 Å². The second-order valence-corrected chi connectivity index (χ2v) is 7.41. The summed E-state index contributed by atoms with van der Waals surface area (Å²) < 4.78 is 2.04. The van der Waals surface area contributed by atoms with E-state index in [1.54, 1.807) is 12.4 Å². The van der Waals surface area contributed by atoms with Crippen LogP contribution in [0.15, 0.2) is 72.1 Å². The van der Waals surface area contributed by atoms with Crippen LogP contribution in [0, 0.1) is 0 Å². The third kappa shape index (κ3) is 5.43. The lowest BCUT2D eigenvalue weighted by Crippen LogP contribution is -2.21. The molecule has 8 nitrogen and oxygen atoms in total. The van der Waals surface area contributed by atoms with E-state index in [0.29, 0.717) is 5.95 Å². The molecule has 2 aromatic carbocycles. The molecule has 2 heterocycles. The first kappa shape index (κ1) is 20.5. The highest BCUT2D eigenvalue weighted by Gasteiger charge is 2.07. The Labute approximate surface area is 181 Å². The van der Waals surface area contributed by atoms with Crippen LogP contribution in [0.1, 0.15) is 11.4 Å². The molecule has 0 amide bonds.